The molecule has 0 unspecified atom stereocenters. The van der Waals surface area contributed by atoms with Gasteiger partial charge in [0.05, 0.1) is 5.75 Å². The van der Waals surface area contributed by atoms with Crippen molar-refractivity contribution < 1.29 is 8.42 Å². The van der Waals surface area contributed by atoms with Crippen molar-refractivity contribution in [3.8, 4) is 0 Å². The second-order valence-electron chi connectivity index (χ2n) is 2.77. The Kier molecular flexibility index (Phi) is 3.00. The summed E-state index contributed by atoms with van der Waals surface area (Å²) in [6.07, 6.45) is 1.57. The first kappa shape index (κ1) is 10.1. The maximum absolute atomic E-state index is 11.1. The third-order valence-corrected chi connectivity index (χ3v) is 2.98. The Morgan fingerprint density at radius 3 is 2.62 bits per heavy atom. The summed E-state index contributed by atoms with van der Waals surface area (Å²) in [5.41, 5.74) is 1.57. The van der Waals surface area contributed by atoms with Gasteiger partial charge in [-0.3, -0.25) is 4.98 Å². The van der Waals surface area contributed by atoms with Crippen LogP contribution in [0.15, 0.2) is 18.3 Å². The van der Waals surface area contributed by atoms with E-state index in [1.807, 2.05) is 6.92 Å². The van der Waals surface area contributed by atoms with Crippen LogP contribution in [0.4, 0.5) is 0 Å². The van der Waals surface area contributed by atoms with Gasteiger partial charge >= 0.3 is 0 Å². The van der Waals surface area contributed by atoms with E-state index in [9.17, 15) is 8.42 Å². The number of sulfonamides is 1. The molecule has 0 aliphatic rings. The fourth-order valence-electron chi connectivity index (χ4n) is 0.875. The van der Waals surface area contributed by atoms with Crippen molar-refractivity contribution >= 4 is 10.0 Å². The molecule has 1 rings (SSSR count). The zero-order chi connectivity index (χ0) is 9.90. The van der Waals surface area contributed by atoms with Crippen LogP contribution in [0.1, 0.15) is 11.3 Å². The zero-order valence-electron chi connectivity index (χ0n) is 7.61. The van der Waals surface area contributed by atoms with E-state index in [1.165, 1.54) is 7.05 Å². The van der Waals surface area contributed by atoms with Crippen LogP contribution in [0.3, 0.4) is 0 Å². The normalized spacial score (nSPS) is 11.5. The van der Waals surface area contributed by atoms with Gasteiger partial charge in [0.2, 0.25) is 10.0 Å². The van der Waals surface area contributed by atoms with Crippen LogP contribution in [-0.2, 0) is 15.8 Å². The molecule has 1 aromatic heterocycles. The summed E-state index contributed by atoms with van der Waals surface area (Å²) in [5.74, 6) is -0.0171. The molecule has 0 fully saturated rings. The SMILES string of the molecule is CNS(=O)(=O)Cc1ccc(C)nc1. The minimum Gasteiger partial charge on any atom is -0.261 e. The molecule has 1 heterocycles. The second kappa shape index (κ2) is 3.85. The Bertz CT molecular complexity index is 370. The average Bonchev–Trinajstić information content (AvgIpc) is 2.09. The summed E-state index contributed by atoms with van der Waals surface area (Å²) >= 11 is 0. The van der Waals surface area contributed by atoms with Crippen molar-refractivity contribution in [1.29, 1.82) is 0 Å². The molecule has 72 valence electrons. The fourth-order valence-corrected chi connectivity index (χ4v) is 1.63. The molecular weight excluding hydrogens is 188 g/mol. The molecule has 0 radical (unpaired) electrons. The van der Waals surface area contributed by atoms with Crippen molar-refractivity contribution in [2.45, 2.75) is 12.7 Å². The number of nitrogens with one attached hydrogen (secondary N) is 1. The molecule has 0 aliphatic carbocycles. The lowest BCUT2D eigenvalue weighted by molar-refractivity contribution is 0.587. The van der Waals surface area contributed by atoms with E-state index in [1.54, 1.807) is 18.3 Å². The number of hydrogen-bond acceptors (Lipinski definition) is 3. The van der Waals surface area contributed by atoms with E-state index in [2.05, 4.69) is 9.71 Å². The Morgan fingerprint density at radius 1 is 1.46 bits per heavy atom. The van der Waals surface area contributed by atoms with E-state index in [0.717, 1.165) is 5.69 Å². The van der Waals surface area contributed by atoms with E-state index in [-0.39, 0.29) is 5.75 Å². The van der Waals surface area contributed by atoms with E-state index in [4.69, 9.17) is 0 Å². The van der Waals surface area contributed by atoms with Crippen molar-refractivity contribution in [3.05, 3.63) is 29.6 Å². The number of aryl methyl sites for hydroxylation is 1. The Balaban J connectivity index is 2.82. The molecule has 5 heteroatoms. The van der Waals surface area contributed by atoms with Gasteiger partial charge in [0.1, 0.15) is 0 Å². The van der Waals surface area contributed by atoms with Gasteiger partial charge in [-0.15, -0.1) is 0 Å². The first-order chi connectivity index (χ1) is 6.03. The molecule has 4 nitrogen and oxygen atoms in total. The predicted octanol–water partition coefficient (Wildman–Crippen LogP) is 0.439. The number of pyridine rings is 1. The molecule has 0 amide bonds. The van der Waals surface area contributed by atoms with Crippen LogP contribution in [0, 0.1) is 6.92 Å². The maximum atomic E-state index is 11.1. The van der Waals surface area contributed by atoms with Gasteiger partial charge in [0.15, 0.2) is 0 Å². The third-order valence-electron chi connectivity index (χ3n) is 1.64. The van der Waals surface area contributed by atoms with E-state index in [0.29, 0.717) is 5.56 Å². The maximum Gasteiger partial charge on any atom is 0.215 e. The number of hydrogen-bond donors (Lipinski definition) is 1. The molecule has 0 saturated heterocycles. The highest BCUT2D eigenvalue weighted by molar-refractivity contribution is 7.88. The van der Waals surface area contributed by atoms with Crippen LogP contribution in [0.2, 0.25) is 0 Å². The monoisotopic (exact) mass is 200 g/mol. The van der Waals surface area contributed by atoms with Gasteiger partial charge in [0, 0.05) is 11.9 Å². The van der Waals surface area contributed by atoms with Gasteiger partial charge in [-0.05, 0) is 25.6 Å². The molecule has 1 N–H and O–H groups in total. The first-order valence-corrected chi connectivity index (χ1v) is 5.51. The summed E-state index contributed by atoms with van der Waals surface area (Å²) in [4.78, 5) is 4.01. The summed E-state index contributed by atoms with van der Waals surface area (Å²) in [5, 5.41) is 0. The molecule has 0 aliphatic heterocycles. The van der Waals surface area contributed by atoms with Crippen molar-refractivity contribution in [2.75, 3.05) is 7.05 Å². The number of aromatic nitrogens is 1. The lowest BCUT2D eigenvalue weighted by Gasteiger charge is -2.01. The lowest BCUT2D eigenvalue weighted by atomic mass is 10.3. The molecule has 0 bridgehead atoms. The predicted molar refractivity (Wildman–Crippen MR) is 50.7 cm³/mol. The summed E-state index contributed by atoms with van der Waals surface area (Å²) in [6, 6.07) is 3.55. The van der Waals surface area contributed by atoms with Crippen molar-refractivity contribution in [1.82, 2.24) is 9.71 Å². The smallest absolute Gasteiger partial charge is 0.215 e. The zero-order valence-corrected chi connectivity index (χ0v) is 8.43. The molecule has 1 aromatic rings. The first-order valence-electron chi connectivity index (χ1n) is 3.86. The van der Waals surface area contributed by atoms with Crippen LogP contribution in [-0.4, -0.2) is 20.4 Å². The minimum atomic E-state index is -3.18. The fraction of sp³-hybridized carbons (Fsp3) is 0.375. The Morgan fingerprint density at radius 2 is 2.15 bits per heavy atom. The molecule has 0 atom stereocenters. The lowest BCUT2D eigenvalue weighted by Crippen LogP contribution is -2.20. The molecule has 13 heavy (non-hydrogen) atoms. The summed E-state index contributed by atoms with van der Waals surface area (Å²) < 4.78 is 24.5. The summed E-state index contributed by atoms with van der Waals surface area (Å²) in [7, 11) is -1.78. The van der Waals surface area contributed by atoms with Crippen LogP contribution < -0.4 is 4.72 Å². The largest absolute Gasteiger partial charge is 0.261 e. The highest BCUT2D eigenvalue weighted by Gasteiger charge is 2.07. The summed E-state index contributed by atoms with van der Waals surface area (Å²) in [6.45, 7) is 1.86. The van der Waals surface area contributed by atoms with Gasteiger partial charge in [-0.1, -0.05) is 6.07 Å². The van der Waals surface area contributed by atoms with Gasteiger partial charge in [-0.25, -0.2) is 13.1 Å². The van der Waals surface area contributed by atoms with E-state index >= 15 is 0 Å². The second-order valence-corrected chi connectivity index (χ2v) is 4.70. The number of rotatable bonds is 3. The Hall–Kier alpha value is -0.940. The van der Waals surface area contributed by atoms with E-state index < -0.39 is 10.0 Å². The van der Waals surface area contributed by atoms with Crippen molar-refractivity contribution in [2.24, 2.45) is 0 Å². The number of nitrogens with zero attached hydrogens (tertiary/aromatic N) is 1. The third kappa shape index (κ3) is 3.12. The topological polar surface area (TPSA) is 59.1 Å². The highest BCUT2D eigenvalue weighted by atomic mass is 32.2. The molecule has 0 spiro atoms. The van der Waals surface area contributed by atoms with Crippen LogP contribution >= 0.6 is 0 Å². The van der Waals surface area contributed by atoms with Gasteiger partial charge in [-0.2, -0.15) is 0 Å². The molecule has 0 aromatic carbocycles. The quantitative estimate of drug-likeness (QED) is 0.770. The average molecular weight is 200 g/mol. The molecular formula is C8H12N2O2S. The standard InChI is InChI=1S/C8H12N2O2S/c1-7-3-4-8(5-10-7)6-13(11,12)9-2/h3-5,9H,6H2,1-2H3. The molecule has 0 saturated carbocycles. The van der Waals surface area contributed by atoms with Crippen LogP contribution in [0.25, 0.3) is 0 Å². The minimum absolute atomic E-state index is 0.0171. The van der Waals surface area contributed by atoms with Crippen molar-refractivity contribution in [3.63, 3.8) is 0 Å². The Labute approximate surface area is 78.1 Å². The highest BCUT2D eigenvalue weighted by Crippen LogP contribution is 2.03. The van der Waals surface area contributed by atoms with Gasteiger partial charge < -0.3 is 0 Å². The van der Waals surface area contributed by atoms with Crippen LogP contribution in [0.5, 0.6) is 0 Å². The van der Waals surface area contributed by atoms with Gasteiger partial charge in [0.25, 0.3) is 0 Å².